The van der Waals surface area contributed by atoms with Gasteiger partial charge in [0.05, 0.1) is 10.9 Å². The van der Waals surface area contributed by atoms with Crippen LogP contribution >= 0.6 is 0 Å². The molecule has 0 amide bonds. The van der Waals surface area contributed by atoms with Crippen LogP contribution in [0.15, 0.2) is 11.0 Å². The minimum atomic E-state index is -1.64. The first-order valence-electron chi connectivity index (χ1n) is 6.85. The number of aryl methyl sites for hydroxylation is 1. The van der Waals surface area contributed by atoms with Gasteiger partial charge in [-0.2, -0.15) is 0 Å². The second-order valence-electron chi connectivity index (χ2n) is 5.31. The molecule has 22 heavy (non-hydrogen) atoms. The van der Waals surface area contributed by atoms with E-state index in [1.54, 1.807) is 0 Å². The average Bonchev–Trinajstić information content (AvgIpc) is 3.30. The van der Waals surface area contributed by atoms with Crippen LogP contribution in [0.2, 0.25) is 0 Å². The van der Waals surface area contributed by atoms with Gasteiger partial charge in [-0.3, -0.25) is 4.79 Å². The third-order valence-corrected chi connectivity index (χ3v) is 3.92. The van der Waals surface area contributed by atoms with Crippen molar-refractivity contribution in [3.8, 4) is 0 Å². The number of aromatic nitrogens is 1. The number of carbonyl (C=O) groups is 1. The van der Waals surface area contributed by atoms with Crippen molar-refractivity contribution in [3.63, 3.8) is 0 Å². The van der Waals surface area contributed by atoms with Gasteiger partial charge in [-0.1, -0.05) is 6.92 Å². The number of fused-ring (bicyclic) bond motifs is 1. The number of rotatable bonds is 3. The predicted octanol–water partition coefficient (Wildman–Crippen LogP) is 3.01. The van der Waals surface area contributed by atoms with Crippen LogP contribution in [-0.2, 0) is 6.42 Å². The van der Waals surface area contributed by atoms with Gasteiger partial charge in [-0.05, 0) is 19.3 Å². The van der Waals surface area contributed by atoms with Crippen LogP contribution in [0.1, 0.15) is 41.7 Å². The third-order valence-electron chi connectivity index (χ3n) is 3.92. The number of aromatic carboxylic acids is 1. The molecule has 0 radical (unpaired) electrons. The Kier molecular flexibility index (Phi) is 3.23. The number of pyridine rings is 1. The molecule has 1 aliphatic rings. The first-order chi connectivity index (χ1) is 10.4. The van der Waals surface area contributed by atoms with Crippen LogP contribution in [0.5, 0.6) is 0 Å². The van der Waals surface area contributed by atoms with Crippen LogP contribution in [0, 0.1) is 17.5 Å². The molecule has 0 spiro atoms. The third kappa shape index (κ3) is 1.92. The van der Waals surface area contributed by atoms with Gasteiger partial charge in [0, 0.05) is 17.8 Å². The lowest BCUT2D eigenvalue weighted by molar-refractivity contribution is 0.0695. The van der Waals surface area contributed by atoms with Crippen molar-refractivity contribution < 1.29 is 23.1 Å². The maximum Gasteiger partial charge on any atom is 0.341 e. The van der Waals surface area contributed by atoms with E-state index in [1.165, 1.54) is 11.5 Å². The summed E-state index contributed by atoms with van der Waals surface area (Å²) in [7, 11) is 0. The minimum absolute atomic E-state index is 0.0531. The number of benzene rings is 1. The van der Waals surface area contributed by atoms with E-state index in [9.17, 15) is 22.8 Å². The van der Waals surface area contributed by atoms with Crippen molar-refractivity contribution in [3.05, 3.63) is 45.0 Å². The molecule has 1 N–H and O–H groups in total. The fourth-order valence-corrected chi connectivity index (χ4v) is 2.70. The molecular weight excluding hydrogens is 299 g/mol. The zero-order valence-electron chi connectivity index (χ0n) is 11.6. The van der Waals surface area contributed by atoms with Crippen LogP contribution in [0.4, 0.5) is 13.2 Å². The molecule has 1 heterocycles. The van der Waals surface area contributed by atoms with Crippen molar-refractivity contribution in [2.45, 2.75) is 32.2 Å². The highest BCUT2D eigenvalue weighted by Gasteiger charge is 2.31. The van der Waals surface area contributed by atoms with Crippen molar-refractivity contribution in [2.75, 3.05) is 0 Å². The van der Waals surface area contributed by atoms with Gasteiger partial charge >= 0.3 is 5.97 Å². The summed E-state index contributed by atoms with van der Waals surface area (Å²) in [5.41, 5.74) is -2.21. The van der Waals surface area contributed by atoms with Crippen molar-refractivity contribution >= 4 is 16.9 Å². The molecule has 1 aromatic carbocycles. The number of hydrogen-bond donors (Lipinski definition) is 1. The Labute approximate surface area is 122 Å². The number of hydrogen-bond acceptors (Lipinski definition) is 2. The van der Waals surface area contributed by atoms with E-state index in [0.717, 1.165) is 6.20 Å². The van der Waals surface area contributed by atoms with Crippen LogP contribution < -0.4 is 5.43 Å². The van der Waals surface area contributed by atoms with Gasteiger partial charge in [-0.15, -0.1) is 0 Å². The summed E-state index contributed by atoms with van der Waals surface area (Å²) in [4.78, 5) is 23.5. The lowest BCUT2D eigenvalue weighted by Crippen LogP contribution is -2.22. The van der Waals surface area contributed by atoms with E-state index in [0.29, 0.717) is 12.8 Å². The second kappa shape index (κ2) is 4.86. The summed E-state index contributed by atoms with van der Waals surface area (Å²) >= 11 is 0. The van der Waals surface area contributed by atoms with Crippen LogP contribution in [0.25, 0.3) is 10.9 Å². The first-order valence-corrected chi connectivity index (χ1v) is 6.85. The van der Waals surface area contributed by atoms with Gasteiger partial charge in [0.25, 0.3) is 0 Å². The predicted molar refractivity (Wildman–Crippen MR) is 72.7 cm³/mol. The largest absolute Gasteiger partial charge is 0.477 e. The molecule has 0 saturated heterocycles. The van der Waals surface area contributed by atoms with Crippen LogP contribution in [-0.4, -0.2) is 15.6 Å². The highest BCUT2D eigenvalue weighted by atomic mass is 19.2. The van der Waals surface area contributed by atoms with Gasteiger partial charge in [0.2, 0.25) is 5.43 Å². The smallest absolute Gasteiger partial charge is 0.341 e. The van der Waals surface area contributed by atoms with Gasteiger partial charge in [-0.25, -0.2) is 18.0 Å². The standard InChI is InChI=1S/C15H12F3NO3/c1-2-7-9-13(12(18)11(17)10(7)16)19(6-3-4-6)5-8(14(9)20)15(21)22/h5-6H,2-4H2,1H3,(H,21,22). The molecule has 2 aromatic rings. The fraction of sp³-hybridized carbons (Fsp3) is 0.333. The maximum atomic E-state index is 14.2. The molecule has 0 aliphatic heterocycles. The lowest BCUT2D eigenvalue weighted by atomic mass is 10.0. The molecule has 1 aliphatic carbocycles. The zero-order valence-corrected chi connectivity index (χ0v) is 11.6. The Bertz CT molecular complexity index is 869. The Balaban J connectivity index is 2.60. The van der Waals surface area contributed by atoms with Crippen molar-refractivity contribution in [1.29, 1.82) is 0 Å². The normalized spacial score (nSPS) is 14.5. The Morgan fingerprint density at radius 2 is 1.91 bits per heavy atom. The highest BCUT2D eigenvalue weighted by molar-refractivity contribution is 5.94. The summed E-state index contributed by atoms with van der Waals surface area (Å²) < 4.78 is 43.2. The molecule has 1 saturated carbocycles. The quantitative estimate of drug-likeness (QED) is 0.886. The van der Waals surface area contributed by atoms with E-state index in [1.807, 2.05) is 0 Å². The van der Waals surface area contributed by atoms with E-state index < -0.39 is 34.4 Å². The first kappa shape index (κ1) is 14.6. The Morgan fingerprint density at radius 3 is 2.41 bits per heavy atom. The fourth-order valence-electron chi connectivity index (χ4n) is 2.70. The second-order valence-corrected chi connectivity index (χ2v) is 5.31. The lowest BCUT2D eigenvalue weighted by Gasteiger charge is -2.15. The van der Waals surface area contributed by atoms with E-state index in [-0.39, 0.29) is 28.9 Å². The topological polar surface area (TPSA) is 59.3 Å². The van der Waals surface area contributed by atoms with Gasteiger partial charge < -0.3 is 9.67 Å². The number of carboxylic acids is 1. The molecule has 3 rings (SSSR count). The van der Waals surface area contributed by atoms with Crippen LogP contribution in [0.3, 0.4) is 0 Å². The summed E-state index contributed by atoms with van der Waals surface area (Å²) in [5.74, 6) is -6.00. The van der Waals surface area contributed by atoms with Gasteiger partial charge in [0.1, 0.15) is 5.56 Å². The zero-order chi connectivity index (χ0) is 16.2. The number of nitrogens with zero attached hydrogens (tertiary/aromatic N) is 1. The molecule has 1 fully saturated rings. The van der Waals surface area contributed by atoms with Crippen molar-refractivity contribution in [2.24, 2.45) is 0 Å². The summed E-state index contributed by atoms with van der Waals surface area (Å²) in [6.45, 7) is 1.49. The van der Waals surface area contributed by atoms with Gasteiger partial charge in [0.15, 0.2) is 17.5 Å². The molecule has 0 atom stereocenters. The summed E-state index contributed by atoms with van der Waals surface area (Å²) in [6, 6.07) is -0.203. The molecule has 0 unspecified atom stereocenters. The SMILES string of the molecule is CCc1c(F)c(F)c(F)c2c1c(=O)c(C(=O)O)cn2C1CC1. The van der Waals surface area contributed by atoms with Crippen molar-refractivity contribution in [1.82, 2.24) is 4.57 Å². The molecular formula is C15H12F3NO3. The minimum Gasteiger partial charge on any atom is -0.477 e. The molecule has 4 nitrogen and oxygen atoms in total. The molecule has 0 bridgehead atoms. The number of carboxylic acid groups (broad SMARTS) is 1. The van der Waals surface area contributed by atoms with E-state index >= 15 is 0 Å². The Morgan fingerprint density at radius 1 is 1.27 bits per heavy atom. The maximum absolute atomic E-state index is 14.2. The molecule has 7 heteroatoms. The van der Waals surface area contributed by atoms with E-state index in [4.69, 9.17) is 5.11 Å². The highest BCUT2D eigenvalue weighted by Crippen LogP contribution is 2.39. The number of halogens is 3. The molecule has 116 valence electrons. The van der Waals surface area contributed by atoms with E-state index in [2.05, 4.69) is 0 Å². The molecule has 1 aromatic heterocycles. The monoisotopic (exact) mass is 311 g/mol. The summed E-state index contributed by atoms with van der Waals surface area (Å²) in [6.07, 6.45) is 2.29. The average molecular weight is 311 g/mol. The Hall–Kier alpha value is -2.31. The summed E-state index contributed by atoms with van der Waals surface area (Å²) in [5, 5.41) is 8.75.